The summed E-state index contributed by atoms with van der Waals surface area (Å²) in [4.78, 5) is 2.83. The van der Waals surface area contributed by atoms with Gasteiger partial charge in [0, 0.05) is 6.04 Å². The number of hydrogen-bond donors (Lipinski definition) is 0. The minimum Gasteiger partial charge on any atom is -0.491 e. The zero-order valence-electron chi connectivity index (χ0n) is 14.7. The minimum absolute atomic E-state index is 0.255. The molecule has 3 atom stereocenters. The van der Waals surface area contributed by atoms with E-state index in [0.29, 0.717) is 5.92 Å². The summed E-state index contributed by atoms with van der Waals surface area (Å²) in [5.74, 6) is 3.87. The number of fused-ring (bicyclic) bond motifs is 2. The molecule has 3 aliphatic rings. The van der Waals surface area contributed by atoms with E-state index in [2.05, 4.69) is 43.0 Å². The van der Waals surface area contributed by atoms with Gasteiger partial charge in [-0.05, 0) is 88.4 Å². The molecular formula is C21H31NO. The lowest BCUT2D eigenvalue weighted by Gasteiger charge is -2.40. The highest BCUT2D eigenvalue weighted by Gasteiger charge is 2.42. The number of ether oxygens (including phenoxy) is 1. The largest absolute Gasteiger partial charge is 0.491 e. The summed E-state index contributed by atoms with van der Waals surface area (Å²) >= 11 is 0. The van der Waals surface area contributed by atoms with Crippen molar-refractivity contribution in [1.29, 1.82) is 0 Å². The molecule has 1 aromatic carbocycles. The zero-order chi connectivity index (χ0) is 15.8. The molecule has 2 saturated carbocycles. The second-order valence-corrected chi connectivity index (χ2v) is 8.26. The normalized spacial score (nSPS) is 31.9. The Kier molecular flexibility index (Phi) is 4.36. The Morgan fingerprint density at radius 2 is 1.78 bits per heavy atom. The molecule has 0 spiro atoms. The van der Waals surface area contributed by atoms with Crippen LogP contribution in [-0.2, 0) is 0 Å². The van der Waals surface area contributed by atoms with Crippen LogP contribution in [0.3, 0.4) is 0 Å². The van der Waals surface area contributed by atoms with Gasteiger partial charge in [0.25, 0.3) is 0 Å². The highest BCUT2D eigenvalue weighted by atomic mass is 16.5. The molecule has 0 unspecified atom stereocenters. The summed E-state index contributed by atoms with van der Waals surface area (Å²) in [5.41, 5.74) is 1.44. The molecule has 0 N–H and O–H groups in total. The lowest BCUT2D eigenvalue weighted by molar-refractivity contribution is 0.110. The number of piperidine rings is 1. The third-order valence-corrected chi connectivity index (χ3v) is 6.42. The number of hydrogen-bond acceptors (Lipinski definition) is 2. The van der Waals surface area contributed by atoms with Crippen molar-refractivity contribution in [2.24, 2.45) is 11.8 Å². The molecule has 126 valence electrons. The van der Waals surface area contributed by atoms with Crippen molar-refractivity contribution in [2.75, 3.05) is 13.1 Å². The van der Waals surface area contributed by atoms with Gasteiger partial charge in [-0.25, -0.2) is 0 Å². The van der Waals surface area contributed by atoms with Crippen LogP contribution < -0.4 is 4.74 Å². The topological polar surface area (TPSA) is 12.5 Å². The summed E-state index contributed by atoms with van der Waals surface area (Å²) in [6, 6.07) is 9.63. The van der Waals surface area contributed by atoms with Gasteiger partial charge in [0.05, 0.1) is 6.10 Å². The first kappa shape index (κ1) is 15.5. The number of benzene rings is 1. The number of nitrogens with zero attached hydrogens (tertiary/aromatic N) is 1. The smallest absolute Gasteiger partial charge is 0.123 e. The van der Waals surface area contributed by atoms with Crippen LogP contribution >= 0.6 is 0 Å². The third kappa shape index (κ3) is 3.15. The molecule has 2 heteroatoms. The van der Waals surface area contributed by atoms with Crippen LogP contribution in [0, 0.1) is 11.8 Å². The lowest BCUT2D eigenvalue weighted by atomic mass is 9.86. The van der Waals surface area contributed by atoms with E-state index < -0.39 is 0 Å². The van der Waals surface area contributed by atoms with E-state index in [-0.39, 0.29) is 6.10 Å². The van der Waals surface area contributed by atoms with Gasteiger partial charge < -0.3 is 9.64 Å². The fourth-order valence-electron chi connectivity index (χ4n) is 5.38. The van der Waals surface area contributed by atoms with Crippen molar-refractivity contribution in [3.8, 4) is 5.75 Å². The Morgan fingerprint density at radius 3 is 2.43 bits per heavy atom. The number of para-hydroxylation sites is 1. The third-order valence-electron chi connectivity index (χ3n) is 6.42. The van der Waals surface area contributed by atoms with Gasteiger partial charge >= 0.3 is 0 Å². The Labute approximate surface area is 141 Å². The molecule has 2 aliphatic carbocycles. The van der Waals surface area contributed by atoms with Crippen LogP contribution in [0.1, 0.15) is 63.9 Å². The van der Waals surface area contributed by atoms with Gasteiger partial charge in [-0.15, -0.1) is 0 Å². The first-order valence-electron chi connectivity index (χ1n) is 9.70. The fourth-order valence-corrected chi connectivity index (χ4v) is 5.38. The van der Waals surface area contributed by atoms with Crippen LogP contribution in [0.4, 0.5) is 0 Å². The first-order chi connectivity index (χ1) is 11.2. The molecule has 4 rings (SSSR count). The second-order valence-electron chi connectivity index (χ2n) is 8.26. The predicted molar refractivity (Wildman–Crippen MR) is 95.0 cm³/mol. The van der Waals surface area contributed by atoms with Crippen LogP contribution in [0.25, 0.3) is 0 Å². The van der Waals surface area contributed by atoms with E-state index >= 15 is 0 Å². The summed E-state index contributed by atoms with van der Waals surface area (Å²) in [6.07, 6.45) is 8.87. The van der Waals surface area contributed by atoms with Crippen LogP contribution in [0.2, 0.25) is 0 Å². The highest BCUT2D eigenvalue weighted by molar-refractivity contribution is 5.36. The SMILES string of the molecule is CC(C)Oc1ccccc1C1CCN([C@H]2C[C@H]3CC[C@H]2C3)CC1. The maximum Gasteiger partial charge on any atom is 0.123 e. The molecule has 0 aromatic heterocycles. The molecule has 0 radical (unpaired) electrons. The Bertz CT molecular complexity index is 532. The van der Waals surface area contributed by atoms with Crippen molar-refractivity contribution in [2.45, 2.75) is 70.4 Å². The van der Waals surface area contributed by atoms with Crippen LogP contribution in [0.5, 0.6) is 5.75 Å². The molecule has 1 aliphatic heterocycles. The number of rotatable bonds is 4. The van der Waals surface area contributed by atoms with Crippen molar-refractivity contribution in [3.05, 3.63) is 29.8 Å². The monoisotopic (exact) mass is 313 g/mol. The van der Waals surface area contributed by atoms with E-state index in [1.54, 1.807) is 0 Å². The van der Waals surface area contributed by atoms with Gasteiger partial charge in [-0.2, -0.15) is 0 Å². The molecular weight excluding hydrogens is 282 g/mol. The minimum atomic E-state index is 0.255. The summed E-state index contributed by atoms with van der Waals surface area (Å²) in [7, 11) is 0. The number of likely N-dealkylation sites (tertiary alicyclic amines) is 1. The molecule has 0 amide bonds. The van der Waals surface area contributed by atoms with Crippen molar-refractivity contribution in [3.63, 3.8) is 0 Å². The quantitative estimate of drug-likeness (QED) is 0.788. The van der Waals surface area contributed by atoms with Crippen LogP contribution in [-0.4, -0.2) is 30.1 Å². The summed E-state index contributed by atoms with van der Waals surface area (Å²) in [5, 5.41) is 0. The predicted octanol–water partition coefficient (Wildman–Crippen LogP) is 4.84. The Balaban J connectivity index is 1.40. The first-order valence-corrected chi connectivity index (χ1v) is 9.70. The maximum absolute atomic E-state index is 6.05. The van der Waals surface area contributed by atoms with Crippen molar-refractivity contribution >= 4 is 0 Å². The molecule has 1 heterocycles. The molecule has 2 bridgehead atoms. The van der Waals surface area contributed by atoms with E-state index in [4.69, 9.17) is 4.74 Å². The van der Waals surface area contributed by atoms with Crippen LogP contribution in [0.15, 0.2) is 24.3 Å². The highest BCUT2D eigenvalue weighted by Crippen LogP contribution is 2.47. The Hall–Kier alpha value is -1.02. The van der Waals surface area contributed by atoms with Gasteiger partial charge in [0.2, 0.25) is 0 Å². The van der Waals surface area contributed by atoms with Crippen molar-refractivity contribution < 1.29 is 4.74 Å². The molecule has 3 fully saturated rings. The van der Waals surface area contributed by atoms with E-state index in [9.17, 15) is 0 Å². The van der Waals surface area contributed by atoms with E-state index in [1.807, 2.05) is 0 Å². The molecule has 1 saturated heterocycles. The average molecular weight is 313 g/mol. The molecule has 1 aromatic rings. The standard InChI is InChI=1S/C21H31NO/c1-15(2)23-21-6-4-3-5-19(21)17-9-11-22(12-10-17)20-14-16-7-8-18(20)13-16/h3-6,15-18,20H,7-14H2,1-2H3/t16-,18-,20-/m0/s1. The zero-order valence-corrected chi connectivity index (χ0v) is 14.7. The van der Waals surface area contributed by atoms with Gasteiger partial charge in [0.15, 0.2) is 0 Å². The average Bonchev–Trinajstić information content (AvgIpc) is 3.18. The van der Waals surface area contributed by atoms with Gasteiger partial charge in [-0.1, -0.05) is 24.6 Å². The second kappa shape index (κ2) is 6.47. The lowest BCUT2D eigenvalue weighted by Crippen LogP contribution is -2.43. The summed E-state index contributed by atoms with van der Waals surface area (Å²) < 4.78 is 6.05. The van der Waals surface area contributed by atoms with Gasteiger partial charge in [-0.3, -0.25) is 0 Å². The van der Waals surface area contributed by atoms with E-state index in [1.165, 1.54) is 57.2 Å². The fraction of sp³-hybridized carbons (Fsp3) is 0.714. The van der Waals surface area contributed by atoms with E-state index in [0.717, 1.165) is 23.6 Å². The van der Waals surface area contributed by atoms with Crippen molar-refractivity contribution in [1.82, 2.24) is 4.90 Å². The summed E-state index contributed by atoms with van der Waals surface area (Å²) in [6.45, 7) is 6.81. The Morgan fingerprint density at radius 1 is 1.00 bits per heavy atom. The maximum atomic E-state index is 6.05. The van der Waals surface area contributed by atoms with Gasteiger partial charge in [0.1, 0.15) is 5.75 Å². The molecule has 2 nitrogen and oxygen atoms in total. The molecule has 23 heavy (non-hydrogen) atoms.